The van der Waals surface area contributed by atoms with Crippen molar-refractivity contribution < 1.29 is 13.9 Å². The highest BCUT2D eigenvalue weighted by atomic mass is 32.1. The summed E-state index contributed by atoms with van der Waals surface area (Å²) >= 11 is 1.50. The summed E-state index contributed by atoms with van der Waals surface area (Å²) in [6.45, 7) is 3.90. The number of piperazine rings is 1. The van der Waals surface area contributed by atoms with Crippen molar-refractivity contribution >= 4 is 34.4 Å². The van der Waals surface area contributed by atoms with Crippen molar-refractivity contribution in [1.82, 2.24) is 15.3 Å². The van der Waals surface area contributed by atoms with Crippen molar-refractivity contribution in [3.05, 3.63) is 29.3 Å². The van der Waals surface area contributed by atoms with Gasteiger partial charge in [0, 0.05) is 36.8 Å². The Morgan fingerprint density at radius 2 is 2.23 bits per heavy atom. The molecule has 2 atom stereocenters. The lowest BCUT2D eigenvalue weighted by atomic mass is 9.92. The van der Waals surface area contributed by atoms with Gasteiger partial charge in [-0.1, -0.05) is 0 Å². The van der Waals surface area contributed by atoms with Crippen LogP contribution in [0.25, 0.3) is 21.7 Å². The molecule has 2 unspecified atom stereocenters. The monoisotopic (exact) mass is 370 g/mol. The van der Waals surface area contributed by atoms with E-state index in [0.717, 1.165) is 23.7 Å². The average Bonchev–Trinajstić information content (AvgIpc) is 3.30. The molecule has 2 bridgehead atoms. The standard InChI is InChI=1S/C18H18N4O3S/c1-2-24-17(23)10-5-13(16-19-3-4-26-16)15-14(6-10)21-18(25-15)22-8-11-7-12(9-22)20-11/h3-6,11-12,20H,2,7-9H2,1H3. The predicted molar refractivity (Wildman–Crippen MR) is 98.6 cm³/mol. The van der Waals surface area contributed by atoms with Gasteiger partial charge >= 0.3 is 5.97 Å². The zero-order valence-corrected chi connectivity index (χ0v) is 15.1. The predicted octanol–water partition coefficient (Wildman–Crippen LogP) is 2.68. The van der Waals surface area contributed by atoms with E-state index in [0.29, 0.717) is 41.4 Å². The van der Waals surface area contributed by atoms with Crippen LogP contribution >= 0.6 is 11.3 Å². The summed E-state index contributed by atoms with van der Waals surface area (Å²) in [4.78, 5) is 23.5. The van der Waals surface area contributed by atoms with Crippen LogP contribution in [-0.4, -0.2) is 47.7 Å². The van der Waals surface area contributed by atoms with E-state index in [1.165, 1.54) is 17.8 Å². The van der Waals surface area contributed by atoms with Crippen LogP contribution in [0, 0.1) is 0 Å². The number of thiazole rings is 1. The maximum atomic E-state index is 12.3. The molecule has 8 heteroatoms. The topological polar surface area (TPSA) is 80.5 Å². The number of nitrogens with one attached hydrogen (secondary N) is 1. The van der Waals surface area contributed by atoms with E-state index in [2.05, 4.69) is 20.2 Å². The first kappa shape index (κ1) is 15.8. The van der Waals surface area contributed by atoms with Gasteiger partial charge in [-0.15, -0.1) is 11.3 Å². The van der Waals surface area contributed by atoms with Gasteiger partial charge in [0.1, 0.15) is 10.5 Å². The molecule has 3 aromatic rings. The Kier molecular flexibility index (Phi) is 3.68. The number of piperidine rings is 1. The lowest BCUT2D eigenvalue weighted by Gasteiger charge is -2.47. The van der Waals surface area contributed by atoms with Crippen LogP contribution in [0.15, 0.2) is 28.1 Å². The number of fused-ring (bicyclic) bond motifs is 3. The molecule has 5 heterocycles. The zero-order valence-electron chi connectivity index (χ0n) is 14.3. The van der Waals surface area contributed by atoms with Crippen LogP contribution in [0.1, 0.15) is 23.7 Å². The van der Waals surface area contributed by atoms with Gasteiger partial charge in [-0.3, -0.25) is 0 Å². The van der Waals surface area contributed by atoms with Crippen molar-refractivity contribution in [2.24, 2.45) is 0 Å². The van der Waals surface area contributed by atoms with Crippen LogP contribution in [0.5, 0.6) is 0 Å². The van der Waals surface area contributed by atoms with Gasteiger partial charge in [-0.05, 0) is 25.5 Å². The molecule has 1 aromatic carbocycles. The molecule has 1 N–H and O–H groups in total. The number of esters is 1. The number of benzene rings is 1. The lowest BCUT2D eigenvalue weighted by molar-refractivity contribution is 0.0526. The molecule has 0 spiro atoms. The third-order valence-corrected chi connectivity index (χ3v) is 5.65. The number of ether oxygens (including phenoxy) is 1. The number of anilines is 1. The van der Waals surface area contributed by atoms with Crippen LogP contribution in [0.2, 0.25) is 0 Å². The van der Waals surface area contributed by atoms with Crippen molar-refractivity contribution in [3.8, 4) is 10.6 Å². The summed E-state index contributed by atoms with van der Waals surface area (Å²) < 4.78 is 11.3. The summed E-state index contributed by atoms with van der Waals surface area (Å²) in [5, 5.41) is 6.20. The second kappa shape index (κ2) is 6.07. The zero-order chi connectivity index (χ0) is 17.7. The molecule has 134 valence electrons. The first-order valence-electron chi connectivity index (χ1n) is 8.74. The van der Waals surface area contributed by atoms with E-state index < -0.39 is 0 Å². The minimum atomic E-state index is -0.361. The summed E-state index contributed by atoms with van der Waals surface area (Å²) in [6.07, 6.45) is 2.96. The molecule has 3 aliphatic rings. The maximum absolute atomic E-state index is 12.3. The third kappa shape index (κ3) is 2.57. The van der Waals surface area contributed by atoms with E-state index in [-0.39, 0.29) is 5.97 Å². The fourth-order valence-corrected chi connectivity index (χ4v) is 4.32. The van der Waals surface area contributed by atoms with Gasteiger partial charge in [0.25, 0.3) is 6.01 Å². The Morgan fingerprint density at radius 1 is 1.42 bits per heavy atom. The Hall–Kier alpha value is -2.45. The highest BCUT2D eigenvalue weighted by Crippen LogP contribution is 2.35. The van der Waals surface area contributed by atoms with Gasteiger partial charge in [-0.25, -0.2) is 9.78 Å². The Bertz CT molecular complexity index is 952. The van der Waals surface area contributed by atoms with E-state index >= 15 is 0 Å². The van der Waals surface area contributed by atoms with Crippen molar-refractivity contribution in [1.29, 1.82) is 0 Å². The van der Waals surface area contributed by atoms with Crippen LogP contribution < -0.4 is 10.2 Å². The fourth-order valence-electron chi connectivity index (χ4n) is 3.67. The molecule has 3 aliphatic heterocycles. The average molecular weight is 370 g/mol. The molecule has 0 radical (unpaired) electrons. The van der Waals surface area contributed by atoms with Gasteiger partial charge < -0.3 is 19.4 Å². The number of nitrogens with zero attached hydrogens (tertiary/aromatic N) is 3. The number of carbonyl (C=O) groups is 1. The molecule has 3 saturated heterocycles. The smallest absolute Gasteiger partial charge is 0.338 e. The second-order valence-electron chi connectivity index (χ2n) is 6.63. The number of aromatic nitrogens is 2. The molecule has 6 rings (SSSR count). The first-order valence-corrected chi connectivity index (χ1v) is 9.62. The van der Waals surface area contributed by atoms with Crippen LogP contribution in [0.3, 0.4) is 0 Å². The molecular weight excluding hydrogens is 352 g/mol. The lowest BCUT2D eigenvalue weighted by Crippen LogP contribution is -2.67. The molecule has 26 heavy (non-hydrogen) atoms. The minimum absolute atomic E-state index is 0.330. The molecular formula is C18H18N4O3S. The quantitative estimate of drug-likeness (QED) is 0.707. The van der Waals surface area contributed by atoms with Crippen molar-refractivity contribution in [2.75, 3.05) is 24.6 Å². The molecule has 2 aromatic heterocycles. The van der Waals surface area contributed by atoms with E-state index in [9.17, 15) is 4.79 Å². The summed E-state index contributed by atoms with van der Waals surface area (Å²) in [7, 11) is 0. The Morgan fingerprint density at radius 3 is 2.92 bits per heavy atom. The van der Waals surface area contributed by atoms with E-state index in [4.69, 9.17) is 9.15 Å². The third-order valence-electron chi connectivity index (χ3n) is 4.85. The van der Waals surface area contributed by atoms with E-state index in [1.807, 2.05) is 5.38 Å². The van der Waals surface area contributed by atoms with Gasteiger partial charge in [0.05, 0.1) is 17.7 Å². The van der Waals surface area contributed by atoms with E-state index in [1.54, 1.807) is 25.3 Å². The van der Waals surface area contributed by atoms with Crippen molar-refractivity contribution in [3.63, 3.8) is 0 Å². The normalized spacial score (nSPS) is 21.7. The summed E-state index contributed by atoms with van der Waals surface area (Å²) in [5.41, 5.74) is 2.56. The molecule has 0 amide bonds. The first-order chi connectivity index (χ1) is 12.7. The molecule has 7 nitrogen and oxygen atoms in total. The minimum Gasteiger partial charge on any atom is -0.462 e. The molecule has 0 saturated carbocycles. The number of carbonyl (C=O) groups excluding carboxylic acids is 1. The Balaban J connectivity index is 1.60. The van der Waals surface area contributed by atoms with Gasteiger partial charge in [0.2, 0.25) is 0 Å². The fraction of sp³-hybridized carbons (Fsp3) is 0.389. The van der Waals surface area contributed by atoms with Gasteiger partial charge in [-0.2, -0.15) is 4.98 Å². The number of hydrogen-bond acceptors (Lipinski definition) is 8. The number of rotatable bonds is 4. The summed E-state index contributed by atoms with van der Waals surface area (Å²) in [5.74, 6) is -0.361. The van der Waals surface area contributed by atoms with Crippen LogP contribution in [0.4, 0.5) is 6.01 Å². The number of hydrogen-bond donors (Lipinski definition) is 1. The Labute approximate surface area is 154 Å². The highest BCUT2D eigenvalue weighted by molar-refractivity contribution is 7.13. The van der Waals surface area contributed by atoms with Gasteiger partial charge in [0.15, 0.2) is 5.58 Å². The second-order valence-corrected chi connectivity index (χ2v) is 7.52. The highest BCUT2D eigenvalue weighted by Gasteiger charge is 2.38. The van der Waals surface area contributed by atoms with Crippen molar-refractivity contribution in [2.45, 2.75) is 25.4 Å². The maximum Gasteiger partial charge on any atom is 0.338 e. The summed E-state index contributed by atoms with van der Waals surface area (Å²) in [6, 6.07) is 5.15. The largest absolute Gasteiger partial charge is 0.462 e. The molecule has 0 aliphatic carbocycles. The molecule has 3 fully saturated rings. The number of oxazole rings is 1. The SMILES string of the molecule is CCOC(=O)c1cc(-c2nccs2)c2oc(N3CC4CC(C3)N4)nc2c1. The van der Waals surface area contributed by atoms with Crippen LogP contribution in [-0.2, 0) is 4.74 Å².